The van der Waals surface area contributed by atoms with E-state index in [4.69, 9.17) is 4.98 Å². The van der Waals surface area contributed by atoms with Crippen molar-refractivity contribution in [3.05, 3.63) is 71.5 Å². The predicted octanol–water partition coefficient (Wildman–Crippen LogP) is 4.68. The number of anilines is 1. The summed E-state index contributed by atoms with van der Waals surface area (Å²) >= 11 is 1.66. The average Bonchev–Trinajstić information content (AvgIpc) is 3.30. The van der Waals surface area contributed by atoms with Crippen molar-refractivity contribution in [2.75, 3.05) is 11.9 Å². The summed E-state index contributed by atoms with van der Waals surface area (Å²) < 4.78 is 2.05. The SMILES string of the molecule is CCCNc1c(-c2ccc(C#Cc3ccccc3)s2)nc2cnccn12. The molecule has 0 aliphatic carbocycles. The molecule has 3 heterocycles. The van der Waals surface area contributed by atoms with E-state index in [1.807, 2.05) is 40.9 Å². The number of benzene rings is 1. The number of hydrogen-bond acceptors (Lipinski definition) is 4. The van der Waals surface area contributed by atoms with Crippen LogP contribution in [-0.2, 0) is 0 Å². The van der Waals surface area contributed by atoms with Gasteiger partial charge in [0.05, 0.1) is 16.0 Å². The summed E-state index contributed by atoms with van der Waals surface area (Å²) in [7, 11) is 0. The van der Waals surface area contributed by atoms with Gasteiger partial charge in [-0.15, -0.1) is 11.3 Å². The topological polar surface area (TPSA) is 42.2 Å². The van der Waals surface area contributed by atoms with Crippen molar-refractivity contribution in [2.45, 2.75) is 13.3 Å². The van der Waals surface area contributed by atoms with Crippen molar-refractivity contribution < 1.29 is 0 Å². The van der Waals surface area contributed by atoms with E-state index in [9.17, 15) is 0 Å². The summed E-state index contributed by atoms with van der Waals surface area (Å²) in [5, 5.41) is 3.49. The van der Waals surface area contributed by atoms with Gasteiger partial charge < -0.3 is 5.32 Å². The molecule has 0 amide bonds. The van der Waals surface area contributed by atoms with Gasteiger partial charge in [0.2, 0.25) is 0 Å². The Morgan fingerprint density at radius 3 is 2.85 bits per heavy atom. The maximum absolute atomic E-state index is 4.77. The molecule has 0 bridgehead atoms. The van der Waals surface area contributed by atoms with Crippen LogP contribution in [0.4, 0.5) is 5.82 Å². The second kappa shape index (κ2) is 7.42. The van der Waals surface area contributed by atoms with Crippen molar-refractivity contribution in [2.24, 2.45) is 0 Å². The average molecular weight is 358 g/mol. The molecule has 4 aromatic rings. The maximum Gasteiger partial charge on any atom is 0.157 e. The van der Waals surface area contributed by atoms with Crippen LogP contribution < -0.4 is 5.32 Å². The molecule has 1 aromatic carbocycles. The van der Waals surface area contributed by atoms with E-state index in [0.717, 1.165) is 45.4 Å². The van der Waals surface area contributed by atoms with Crippen LogP contribution in [0.3, 0.4) is 0 Å². The van der Waals surface area contributed by atoms with Crippen LogP contribution in [0.5, 0.6) is 0 Å². The molecule has 0 saturated heterocycles. The molecule has 0 atom stereocenters. The molecular weight excluding hydrogens is 340 g/mol. The van der Waals surface area contributed by atoms with Crippen LogP contribution in [0.25, 0.3) is 16.2 Å². The predicted molar refractivity (Wildman–Crippen MR) is 108 cm³/mol. The zero-order chi connectivity index (χ0) is 17.8. The highest BCUT2D eigenvalue weighted by Crippen LogP contribution is 2.33. The van der Waals surface area contributed by atoms with Crippen LogP contribution in [0.2, 0.25) is 0 Å². The Kier molecular flexibility index (Phi) is 4.67. The summed E-state index contributed by atoms with van der Waals surface area (Å²) in [4.78, 5) is 11.1. The van der Waals surface area contributed by atoms with Gasteiger partial charge in [-0.25, -0.2) is 4.98 Å². The Hall–Kier alpha value is -3.10. The van der Waals surface area contributed by atoms with E-state index in [-0.39, 0.29) is 0 Å². The molecule has 0 radical (unpaired) electrons. The van der Waals surface area contributed by atoms with Crippen molar-refractivity contribution in [3.8, 4) is 22.4 Å². The molecule has 0 spiro atoms. The number of rotatable bonds is 4. The lowest BCUT2D eigenvalue weighted by Gasteiger charge is -2.06. The normalized spacial score (nSPS) is 10.5. The molecule has 128 valence electrons. The Bertz CT molecular complexity index is 1080. The summed E-state index contributed by atoms with van der Waals surface area (Å²) in [5.41, 5.74) is 2.81. The van der Waals surface area contributed by atoms with E-state index < -0.39 is 0 Å². The number of hydrogen-bond donors (Lipinski definition) is 1. The highest BCUT2D eigenvalue weighted by atomic mass is 32.1. The zero-order valence-electron chi connectivity index (χ0n) is 14.4. The Balaban J connectivity index is 1.70. The van der Waals surface area contributed by atoms with Gasteiger partial charge in [-0.3, -0.25) is 9.38 Å². The van der Waals surface area contributed by atoms with Gasteiger partial charge in [0.15, 0.2) is 5.65 Å². The lowest BCUT2D eigenvalue weighted by molar-refractivity contribution is 0.962. The number of nitrogens with one attached hydrogen (secondary N) is 1. The molecular formula is C21H18N4S. The third-order valence-corrected chi connectivity index (χ3v) is 4.92. The zero-order valence-corrected chi connectivity index (χ0v) is 15.3. The molecule has 3 aromatic heterocycles. The molecule has 0 fully saturated rings. The Morgan fingerprint density at radius 2 is 2.00 bits per heavy atom. The highest BCUT2D eigenvalue weighted by Gasteiger charge is 2.15. The largest absolute Gasteiger partial charge is 0.369 e. The highest BCUT2D eigenvalue weighted by molar-refractivity contribution is 7.16. The van der Waals surface area contributed by atoms with Gasteiger partial charge in [-0.1, -0.05) is 37.0 Å². The third-order valence-electron chi connectivity index (χ3n) is 3.92. The minimum absolute atomic E-state index is 0.839. The number of thiophene rings is 1. The summed E-state index contributed by atoms with van der Waals surface area (Å²) in [6, 6.07) is 14.2. The molecule has 0 unspecified atom stereocenters. The van der Waals surface area contributed by atoms with E-state index in [1.165, 1.54) is 0 Å². The van der Waals surface area contributed by atoms with E-state index in [2.05, 4.69) is 41.2 Å². The first-order valence-corrected chi connectivity index (χ1v) is 9.40. The van der Waals surface area contributed by atoms with Crippen molar-refractivity contribution in [1.82, 2.24) is 14.4 Å². The van der Waals surface area contributed by atoms with Crippen LogP contribution in [0, 0.1) is 11.8 Å². The van der Waals surface area contributed by atoms with E-state index >= 15 is 0 Å². The molecule has 5 heteroatoms. The number of imidazole rings is 1. The molecule has 1 N–H and O–H groups in total. The summed E-state index contributed by atoms with van der Waals surface area (Å²) in [6.07, 6.45) is 6.55. The quantitative estimate of drug-likeness (QED) is 0.539. The monoisotopic (exact) mass is 358 g/mol. The van der Waals surface area contributed by atoms with Crippen LogP contribution in [-0.4, -0.2) is 20.9 Å². The minimum Gasteiger partial charge on any atom is -0.369 e. The second-order valence-corrected chi connectivity index (χ2v) is 6.90. The smallest absolute Gasteiger partial charge is 0.157 e. The standard InChI is InChI=1S/C21H18N4S/c1-2-12-23-21-20(24-19-15-22-13-14-25(19)21)18-11-10-17(26-18)9-8-16-6-4-3-5-7-16/h3-7,10-11,13-15,23H,2,12H2,1H3. The Labute approximate surface area is 156 Å². The van der Waals surface area contributed by atoms with Gasteiger partial charge in [0.1, 0.15) is 11.5 Å². The molecule has 4 rings (SSSR count). The van der Waals surface area contributed by atoms with E-state index in [1.54, 1.807) is 23.7 Å². The van der Waals surface area contributed by atoms with Gasteiger partial charge >= 0.3 is 0 Å². The minimum atomic E-state index is 0.839. The van der Waals surface area contributed by atoms with Crippen molar-refractivity contribution >= 4 is 22.8 Å². The van der Waals surface area contributed by atoms with Gasteiger partial charge in [0, 0.05) is 24.5 Å². The molecule has 0 aliphatic heterocycles. The molecule has 0 aliphatic rings. The molecule has 26 heavy (non-hydrogen) atoms. The molecule has 0 saturated carbocycles. The van der Waals surface area contributed by atoms with E-state index in [0.29, 0.717) is 0 Å². The van der Waals surface area contributed by atoms with Crippen LogP contribution in [0.15, 0.2) is 61.1 Å². The Morgan fingerprint density at radius 1 is 1.12 bits per heavy atom. The van der Waals surface area contributed by atoms with Crippen molar-refractivity contribution in [1.29, 1.82) is 0 Å². The maximum atomic E-state index is 4.77. The van der Waals surface area contributed by atoms with Crippen LogP contribution >= 0.6 is 11.3 Å². The first kappa shape index (κ1) is 16.4. The fourth-order valence-electron chi connectivity index (χ4n) is 2.68. The summed E-state index contributed by atoms with van der Waals surface area (Å²) in [6.45, 7) is 3.05. The lowest BCUT2D eigenvalue weighted by atomic mass is 10.2. The van der Waals surface area contributed by atoms with Crippen LogP contribution in [0.1, 0.15) is 23.8 Å². The fourth-order valence-corrected chi connectivity index (χ4v) is 3.53. The van der Waals surface area contributed by atoms with Gasteiger partial charge in [0.25, 0.3) is 0 Å². The first-order valence-electron chi connectivity index (χ1n) is 8.58. The number of nitrogens with zero attached hydrogens (tertiary/aromatic N) is 3. The first-order chi connectivity index (χ1) is 12.8. The molecule has 4 nitrogen and oxygen atoms in total. The van der Waals surface area contributed by atoms with Gasteiger partial charge in [-0.2, -0.15) is 0 Å². The second-order valence-electron chi connectivity index (χ2n) is 5.82. The lowest BCUT2D eigenvalue weighted by Crippen LogP contribution is -2.03. The van der Waals surface area contributed by atoms with Crippen molar-refractivity contribution in [3.63, 3.8) is 0 Å². The third kappa shape index (κ3) is 3.32. The van der Waals surface area contributed by atoms with Gasteiger partial charge in [-0.05, 0) is 30.7 Å². The number of fused-ring (bicyclic) bond motifs is 1. The summed E-state index contributed by atoms with van der Waals surface area (Å²) in [5.74, 6) is 7.47. The number of aromatic nitrogens is 3. The fraction of sp³-hybridized carbons (Fsp3) is 0.143.